The predicted octanol–water partition coefficient (Wildman–Crippen LogP) is 7.03. The Morgan fingerprint density at radius 1 is 0.850 bits per heavy atom. The van der Waals surface area contributed by atoms with Crippen molar-refractivity contribution in [3.63, 3.8) is 0 Å². The summed E-state index contributed by atoms with van der Waals surface area (Å²) in [6, 6.07) is 24.5. The molecule has 0 atom stereocenters. The van der Waals surface area contributed by atoms with Crippen LogP contribution in [0.4, 0.5) is 11.4 Å². The van der Waals surface area contributed by atoms with Crippen LogP contribution in [0, 0.1) is 5.92 Å². The average Bonchev–Trinajstić information content (AvgIpc) is 2.99. The second kappa shape index (κ2) is 13.0. The molecule has 1 aliphatic heterocycles. The van der Waals surface area contributed by atoms with Gasteiger partial charge in [0.15, 0.2) is 0 Å². The fourth-order valence-electron chi connectivity index (χ4n) is 5.02. The van der Waals surface area contributed by atoms with Gasteiger partial charge in [0, 0.05) is 49.0 Å². The predicted molar refractivity (Wildman–Crippen MR) is 161 cm³/mol. The number of piperidine rings is 1. The maximum atomic E-state index is 13.5. The van der Waals surface area contributed by atoms with Crippen LogP contribution in [-0.2, 0) is 13.0 Å². The van der Waals surface area contributed by atoms with E-state index < -0.39 is 0 Å². The fraction of sp³-hybridized carbons (Fsp3) is 0.219. The second-order valence-corrected chi connectivity index (χ2v) is 10.8. The van der Waals surface area contributed by atoms with Crippen LogP contribution in [0.15, 0.2) is 91.3 Å². The number of carbonyl (C=O) groups is 2. The van der Waals surface area contributed by atoms with E-state index in [4.69, 9.17) is 23.2 Å². The Morgan fingerprint density at radius 3 is 2.35 bits per heavy atom. The number of hydrogen-bond donors (Lipinski definition) is 2. The largest absolute Gasteiger partial charge is 0.371 e. The fourth-order valence-corrected chi connectivity index (χ4v) is 5.32. The third kappa shape index (κ3) is 7.00. The summed E-state index contributed by atoms with van der Waals surface area (Å²) in [4.78, 5) is 32.8. The zero-order chi connectivity index (χ0) is 27.9. The van der Waals surface area contributed by atoms with Crippen LogP contribution in [0.25, 0.3) is 0 Å². The average molecular weight is 574 g/mol. The van der Waals surface area contributed by atoms with E-state index in [1.807, 2.05) is 30.3 Å². The lowest BCUT2D eigenvalue weighted by molar-refractivity contribution is 0.0950. The van der Waals surface area contributed by atoms with Crippen molar-refractivity contribution in [2.45, 2.75) is 25.8 Å². The van der Waals surface area contributed by atoms with E-state index in [-0.39, 0.29) is 11.8 Å². The Bertz CT molecular complexity index is 1470. The molecule has 204 valence electrons. The standard InChI is InChI=1S/C32H30Cl2N4O2/c33-28-10-8-25(18-29(28)34)31(39)37-26-9-11-30(27(19-26)32(40)36-21-24-7-4-14-35-20-24)38-15-12-23(13-16-38)17-22-5-2-1-3-6-22/h1-11,14,18-20,23H,12-13,15-17,21H2,(H,36,40)(H,37,39). The summed E-state index contributed by atoms with van der Waals surface area (Å²) in [5.74, 6) is 0.0527. The molecule has 0 aliphatic carbocycles. The van der Waals surface area contributed by atoms with E-state index in [2.05, 4.69) is 44.8 Å². The molecule has 4 aromatic rings. The van der Waals surface area contributed by atoms with Crippen molar-refractivity contribution >= 4 is 46.4 Å². The number of amides is 2. The summed E-state index contributed by atoms with van der Waals surface area (Å²) in [6.07, 6.45) is 6.58. The molecule has 3 aromatic carbocycles. The molecule has 1 aromatic heterocycles. The van der Waals surface area contributed by atoms with Crippen LogP contribution in [0.1, 0.15) is 44.7 Å². The molecule has 0 bridgehead atoms. The van der Waals surface area contributed by atoms with Gasteiger partial charge < -0.3 is 15.5 Å². The minimum atomic E-state index is -0.338. The summed E-state index contributed by atoms with van der Waals surface area (Å²) in [5.41, 5.74) is 4.53. The second-order valence-electron chi connectivity index (χ2n) is 9.98. The van der Waals surface area contributed by atoms with Gasteiger partial charge in [0.05, 0.1) is 15.6 Å². The molecular formula is C32H30Cl2N4O2. The zero-order valence-electron chi connectivity index (χ0n) is 21.9. The van der Waals surface area contributed by atoms with Gasteiger partial charge in [-0.25, -0.2) is 0 Å². The highest BCUT2D eigenvalue weighted by molar-refractivity contribution is 6.42. The minimum Gasteiger partial charge on any atom is -0.371 e. The molecule has 0 unspecified atom stereocenters. The number of halogens is 2. The van der Waals surface area contributed by atoms with Crippen molar-refractivity contribution in [3.8, 4) is 0 Å². The van der Waals surface area contributed by atoms with Gasteiger partial charge in [0.25, 0.3) is 11.8 Å². The molecule has 0 spiro atoms. The first kappa shape index (κ1) is 27.7. The topological polar surface area (TPSA) is 74.3 Å². The Hall–Kier alpha value is -3.87. The first-order chi connectivity index (χ1) is 19.5. The lowest BCUT2D eigenvalue weighted by atomic mass is 9.89. The van der Waals surface area contributed by atoms with Gasteiger partial charge in [-0.2, -0.15) is 0 Å². The number of anilines is 2. The van der Waals surface area contributed by atoms with E-state index in [0.29, 0.717) is 39.3 Å². The van der Waals surface area contributed by atoms with Crippen LogP contribution >= 0.6 is 23.2 Å². The highest BCUT2D eigenvalue weighted by atomic mass is 35.5. The number of pyridine rings is 1. The molecule has 0 radical (unpaired) electrons. The summed E-state index contributed by atoms with van der Waals surface area (Å²) in [6.45, 7) is 2.07. The molecule has 2 amide bonds. The summed E-state index contributed by atoms with van der Waals surface area (Å²) in [5, 5.41) is 6.58. The molecule has 2 heterocycles. The van der Waals surface area contributed by atoms with Crippen LogP contribution < -0.4 is 15.5 Å². The normalized spacial score (nSPS) is 13.6. The first-order valence-electron chi connectivity index (χ1n) is 13.3. The SMILES string of the molecule is O=C(Nc1ccc(N2CCC(Cc3ccccc3)CC2)c(C(=O)NCc2cccnc2)c1)c1ccc(Cl)c(Cl)c1. The van der Waals surface area contributed by atoms with E-state index in [0.717, 1.165) is 43.6 Å². The number of hydrogen-bond acceptors (Lipinski definition) is 4. The van der Waals surface area contributed by atoms with E-state index in [9.17, 15) is 9.59 Å². The first-order valence-corrected chi connectivity index (χ1v) is 14.1. The number of rotatable bonds is 8. The Balaban J connectivity index is 1.33. The van der Waals surface area contributed by atoms with Gasteiger partial charge in [-0.15, -0.1) is 0 Å². The molecule has 6 nitrogen and oxygen atoms in total. The van der Waals surface area contributed by atoms with Crippen LogP contribution in [-0.4, -0.2) is 29.9 Å². The minimum absolute atomic E-state index is 0.212. The van der Waals surface area contributed by atoms with Crippen LogP contribution in [0.2, 0.25) is 10.0 Å². The van der Waals surface area contributed by atoms with Crippen molar-refractivity contribution in [1.82, 2.24) is 10.3 Å². The van der Waals surface area contributed by atoms with Crippen LogP contribution in [0.3, 0.4) is 0 Å². The zero-order valence-corrected chi connectivity index (χ0v) is 23.5. The van der Waals surface area contributed by atoms with Gasteiger partial charge >= 0.3 is 0 Å². The Kier molecular flexibility index (Phi) is 8.99. The van der Waals surface area contributed by atoms with E-state index >= 15 is 0 Å². The highest BCUT2D eigenvalue weighted by Crippen LogP contribution is 2.31. The van der Waals surface area contributed by atoms with Gasteiger partial charge in [-0.1, -0.05) is 59.6 Å². The lowest BCUT2D eigenvalue weighted by Crippen LogP contribution is -2.36. The van der Waals surface area contributed by atoms with Gasteiger partial charge in [-0.05, 0) is 78.8 Å². The molecular weight excluding hydrogens is 543 g/mol. The smallest absolute Gasteiger partial charge is 0.255 e. The van der Waals surface area contributed by atoms with Crippen molar-refractivity contribution < 1.29 is 9.59 Å². The molecule has 1 fully saturated rings. The van der Waals surface area contributed by atoms with Crippen molar-refractivity contribution in [3.05, 3.63) is 124 Å². The Labute approximate surface area is 244 Å². The summed E-state index contributed by atoms with van der Waals surface area (Å²) >= 11 is 12.1. The molecule has 8 heteroatoms. The Morgan fingerprint density at radius 2 is 1.62 bits per heavy atom. The van der Waals surface area contributed by atoms with Crippen molar-refractivity contribution in [2.75, 3.05) is 23.3 Å². The summed E-state index contributed by atoms with van der Waals surface area (Å²) in [7, 11) is 0. The molecule has 40 heavy (non-hydrogen) atoms. The number of carbonyl (C=O) groups excluding carboxylic acids is 2. The number of nitrogens with zero attached hydrogens (tertiary/aromatic N) is 2. The lowest BCUT2D eigenvalue weighted by Gasteiger charge is -2.35. The quantitative estimate of drug-likeness (QED) is 0.237. The molecule has 1 saturated heterocycles. The number of nitrogens with one attached hydrogen (secondary N) is 2. The van der Waals surface area contributed by atoms with Gasteiger partial charge in [-0.3, -0.25) is 14.6 Å². The molecule has 1 aliphatic rings. The molecule has 2 N–H and O–H groups in total. The summed E-state index contributed by atoms with van der Waals surface area (Å²) < 4.78 is 0. The highest BCUT2D eigenvalue weighted by Gasteiger charge is 2.24. The van der Waals surface area contributed by atoms with Gasteiger partial charge in [0.2, 0.25) is 0 Å². The van der Waals surface area contributed by atoms with Crippen LogP contribution in [0.5, 0.6) is 0 Å². The van der Waals surface area contributed by atoms with E-state index in [1.54, 1.807) is 30.6 Å². The van der Waals surface area contributed by atoms with E-state index in [1.165, 1.54) is 11.6 Å². The molecule has 5 rings (SSSR count). The monoisotopic (exact) mass is 572 g/mol. The molecule has 0 saturated carbocycles. The maximum Gasteiger partial charge on any atom is 0.255 e. The van der Waals surface area contributed by atoms with Gasteiger partial charge in [0.1, 0.15) is 0 Å². The third-order valence-electron chi connectivity index (χ3n) is 7.18. The number of aromatic nitrogens is 1. The number of benzene rings is 3. The third-order valence-corrected chi connectivity index (χ3v) is 7.92. The van der Waals surface area contributed by atoms with Crippen molar-refractivity contribution in [2.24, 2.45) is 5.92 Å². The maximum absolute atomic E-state index is 13.5. The van der Waals surface area contributed by atoms with Crippen molar-refractivity contribution in [1.29, 1.82) is 0 Å².